The van der Waals surface area contributed by atoms with Gasteiger partial charge in [0.2, 0.25) is 0 Å². The molecule has 0 amide bonds. The summed E-state index contributed by atoms with van der Waals surface area (Å²) >= 11 is 2.01. The number of thioether (sulfide) groups is 1. The summed E-state index contributed by atoms with van der Waals surface area (Å²) in [7, 11) is 0. The van der Waals surface area contributed by atoms with Crippen molar-refractivity contribution in [3.8, 4) is 0 Å². The van der Waals surface area contributed by atoms with Crippen LogP contribution in [0, 0.1) is 5.82 Å². The van der Waals surface area contributed by atoms with Crippen molar-refractivity contribution in [1.29, 1.82) is 0 Å². The lowest BCUT2D eigenvalue weighted by molar-refractivity contribution is 0.348. The lowest BCUT2D eigenvalue weighted by Gasteiger charge is -2.30. The summed E-state index contributed by atoms with van der Waals surface area (Å²) in [5.41, 5.74) is 1.21. The Morgan fingerprint density at radius 1 is 1.21 bits per heavy atom. The summed E-state index contributed by atoms with van der Waals surface area (Å²) in [6, 6.07) is 7.99. The molecule has 1 aliphatic carbocycles. The second kappa shape index (κ2) is 7.30. The van der Waals surface area contributed by atoms with Crippen LogP contribution in [0.2, 0.25) is 0 Å². The van der Waals surface area contributed by atoms with Crippen LogP contribution >= 0.6 is 11.8 Å². The van der Waals surface area contributed by atoms with E-state index in [1.54, 1.807) is 12.1 Å². The van der Waals surface area contributed by atoms with Crippen LogP contribution in [-0.2, 0) is 6.42 Å². The molecule has 1 aliphatic rings. The Balaban J connectivity index is 1.75. The molecule has 0 bridgehead atoms. The molecule has 1 fully saturated rings. The van der Waals surface area contributed by atoms with E-state index in [1.807, 2.05) is 23.9 Å². The molecule has 106 valence electrons. The number of benzene rings is 1. The monoisotopic (exact) mass is 281 g/mol. The highest BCUT2D eigenvalue weighted by molar-refractivity contribution is 7.99. The first kappa shape index (κ1) is 14.9. The summed E-state index contributed by atoms with van der Waals surface area (Å²) in [5, 5.41) is 4.59. The van der Waals surface area contributed by atoms with E-state index in [0.29, 0.717) is 12.1 Å². The summed E-state index contributed by atoms with van der Waals surface area (Å²) in [6.07, 6.45) is 8.45. The van der Waals surface area contributed by atoms with Crippen LogP contribution in [0.15, 0.2) is 24.3 Å². The fraction of sp³-hybridized carbons (Fsp3) is 0.625. The topological polar surface area (TPSA) is 12.0 Å². The molecule has 0 radical (unpaired) electrons. The molecule has 0 spiro atoms. The second-order valence-corrected chi connectivity index (χ2v) is 6.75. The summed E-state index contributed by atoms with van der Waals surface area (Å²) in [4.78, 5) is 0. The number of rotatable bonds is 5. The predicted molar refractivity (Wildman–Crippen MR) is 82.3 cm³/mol. The van der Waals surface area contributed by atoms with Crippen LogP contribution in [-0.4, -0.2) is 23.6 Å². The van der Waals surface area contributed by atoms with Crippen molar-refractivity contribution in [3.63, 3.8) is 0 Å². The average Bonchev–Trinajstić information content (AvgIpc) is 2.42. The standard InChI is InChI=1S/C16H24FNS/c1-12(11-13-3-5-14(17)6-4-13)18-15-7-9-16(19-2)10-8-15/h3-6,12,15-16,18H,7-11H2,1-2H3. The Kier molecular flexibility index (Phi) is 5.71. The molecular weight excluding hydrogens is 257 g/mol. The minimum Gasteiger partial charge on any atom is -0.311 e. The summed E-state index contributed by atoms with van der Waals surface area (Å²) in [6.45, 7) is 2.23. The number of hydrogen-bond acceptors (Lipinski definition) is 2. The Morgan fingerprint density at radius 3 is 2.42 bits per heavy atom. The first-order valence-electron chi connectivity index (χ1n) is 7.20. The van der Waals surface area contributed by atoms with Gasteiger partial charge < -0.3 is 5.32 Å². The number of hydrogen-bond donors (Lipinski definition) is 1. The largest absolute Gasteiger partial charge is 0.311 e. The maximum absolute atomic E-state index is 12.8. The van der Waals surface area contributed by atoms with Gasteiger partial charge in [0.15, 0.2) is 0 Å². The molecule has 1 unspecified atom stereocenters. The Morgan fingerprint density at radius 2 is 1.84 bits per heavy atom. The molecule has 2 rings (SSSR count). The molecule has 19 heavy (non-hydrogen) atoms. The zero-order valence-electron chi connectivity index (χ0n) is 11.9. The highest BCUT2D eigenvalue weighted by atomic mass is 32.2. The fourth-order valence-electron chi connectivity index (χ4n) is 2.90. The zero-order valence-corrected chi connectivity index (χ0v) is 12.7. The van der Waals surface area contributed by atoms with Gasteiger partial charge >= 0.3 is 0 Å². The highest BCUT2D eigenvalue weighted by Crippen LogP contribution is 2.27. The van der Waals surface area contributed by atoms with Gasteiger partial charge in [-0.2, -0.15) is 11.8 Å². The van der Waals surface area contributed by atoms with Crippen molar-refractivity contribution in [1.82, 2.24) is 5.32 Å². The predicted octanol–water partition coefficient (Wildman–Crippen LogP) is 4.02. The molecule has 1 saturated carbocycles. The quantitative estimate of drug-likeness (QED) is 0.875. The van der Waals surface area contributed by atoms with Crippen molar-refractivity contribution in [2.24, 2.45) is 0 Å². The minimum absolute atomic E-state index is 0.153. The van der Waals surface area contributed by atoms with Crippen molar-refractivity contribution in [3.05, 3.63) is 35.6 Å². The molecule has 3 heteroatoms. The van der Waals surface area contributed by atoms with Crippen LogP contribution in [0.4, 0.5) is 4.39 Å². The number of halogens is 1. The third kappa shape index (κ3) is 4.81. The van der Waals surface area contributed by atoms with E-state index in [1.165, 1.54) is 31.2 Å². The zero-order chi connectivity index (χ0) is 13.7. The lowest BCUT2D eigenvalue weighted by Crippen LogP contribution is -2.40. The highest BCUT2D eigenvalue weighted by Gasteiger charge is 2.21. The SMILES string of the molecule is CSC1CCC(NC(C)Cc2ccc(F)cc2)CC1. The second-order valence-electron chi connectivity index (χ2n) is 5.61. The number of nitrogens with one attached hydrogen (secondary N) is 1. The first-order chi connectivity index (χ1) is 9.17. The summed E-state index contributed by atoms with van der Waals surface area (Å²) < 4.78 is 12.8. The van der Waals surface area contributed by atoms with Gasteiger partial charge in [0.1, 0.15) is 5.82 Å². The molecule has 1 nitrogen and oxygen atoms in total. The Hall–Kier alpha value is -0.540. The third-order valence-corrected chi connectivity index (χ3v) is 5.12. The Bertz CT molecular complexity index is 371. The van der Waals surface area contributed by atoms with Gasteiger partial charge in [0.05, 0.1) is 0 Å². The van der Waals surface area contributed by atoms with Crippen molar-refractivity contribution < 1.29 is 4.39 Å². The van der Waals surface area contributed by atoms with E-state index in [0.717, 1.165) is 11.7 Å². The maximum Gasteiger partial charge on any atom is 0.123 e. The van der Waals surface area contributed by atoms with Gasteiger partial charge in [-0.25, -0.2) is 4.39 Å². The van der Waals surface area contributed by atoms with Crippen LogP contribution in [0.3, 0.4) is 0 Å². The van der Waals surface area contributed by atoms with E-state index in [2.05, 4.69) is 18.5 Å². The molecule has 1 aromatic rings. The normalized spacial score (nSPS) is 25.2. The third-order valence-electron chi connectivity index (χ3n) is 3.98. The van der Waals surface area contributed by atoms with Crippen LogP contribution in [0.5, 0.6) is 0 Å². The van der Waals surface area contributed by atoms with Crippen LogP contribution < -0.4 is 5.32 Å². The fourth-order valence-corrected chi connectivity index (χ4v) is 3.64. The van der Waals surface area contributed by atoms with Crippen LogP contribution in [0.1, 0.15) is 38.2 Å². The van der Waals surface area contributed by atoms with E-state index in [-0.39, 0.29) is 5.82 Å². The van der Waals surface area contributed by atoms with E-state index < -0.39 is 0 Å². The van der Waals surface area contributed by atoms with Crippen molar-refractivity contribution in [2.75, 3.05) is 6.26 Å². The Labute approximate surface area is 120 Å². The molecule has 1 N–H and O–H groups in total. The molecular formula is C16H24FNS. The molecule has 0 aromatic heterocycles. The lowest BCUT2D eigenvalue weighted by atomic mass is 9.94. The first-order valence-corrected chi connectivity index (χ1v) is 8.49. The molecule has 1 aromatic carbocycles. The van der Waals surface area contributed by atoms with E-state index in [9.17, 15) is 4.39 Å². The minimum atomic E-state index is -0.153. The molecule has 1 atom stereocenters. The van der Waals surface area contributed by atoms with Gasteiger partial charge in [-0.1, -0.05) is 12.1 Å². The van der Waals surface area contributed by atoms with E-state index >= 15 is 0 Å². The van der Waals surface area contributed by atoms with Gasteiger partial charge in [0, 0.05) is 17.3 Å². The average molecular weight is 281 g/mol. The van der Waals surface area contributed by atoms with E-state index in [4.69, 9.17) is 0 Å². The van der Waals surface area contributed by atoms with Gasteiger partial charge in [0.25, 0.3) is 0 Å². The van der Waals surface area contributed by atoms with Crippen molar-refractivity contribution in [2.45, 2.75) is 56.4 Å². The van der Waals surface area contributed by atoms with Crippen molar-refractivity contribution >= 4 is 11.8 Å². The molecule has 0 saturated heterocycles. The molecule has 0 heterocycles. The van der Waals surface area contributed by atoms with Gasteiger partial charge in [-0.15, -0.1) is 0 Å². The van der Waals surface area contributed by atoms with Crippen LogP contribution in [0.25, 0.3) is 0 Å². The van der Waals surface area contributed by atoms with Gasteiger partial charge in [-0.3, -0.25) is 0 Å². The summed E-state index contributed by atoms with van der Waals surface area (Å²) in [5.74, 6) is -0.153. The molecule has 0 aliphatic heterocycles. The van der Waals surface area contributed by atoms with Gasteiger partial charge in [-0.05, 0) is 63.0 Å². The smallest absolute Gasteiger partial charge is 0.123 e. The maximum atomic E-state index is 12.8.